The lowest BCUT2D eigenvalue weighted by atomic mass is 10.1. The van der Waals surface area contributed by atoms with Gasteiger partial charge in [-0.1, -0.05) is 0 Å². The van der Waals surface area contributed by atoms with Crippen LogP contribution in [0.3, 0.4) is 0 Å². The Morgan fingerprint density at radius 1 is 1.06 bits per heavy atom. The Hall–Kier alpha value is -3.29. The van der Waals surface area contributed by atoms with Gasteiger partial charge in [-0.05, 0) is 42.5 Å². The third-order valence-corrected chi connectivity index (χ3v) is 5.65. The Kier molecular flexibility index (Phi) is 7.09. The van der Waals surface area contributed by atoms with E-state index in [2.05, 4.69) is 33.1 Å². The Morgan fingerprint density at radius 3 is 2.69 bits per heavy atom. The number of anilines is 1. The molecule has 0 aliphatic carbocycles. The first-order valence-corrected chi connectivity index (χ1v) is 10.8. The zero-order valence-electron chi connectivity index (χ0n) is 18.5. The number of methoxy groups -OCH3 is 2. The van der Waals surface area contributed by atoms with Gasteiger partial charge in [0.25, 0.3) is 0 Å². The third-order valence-electron chi connectivity index (χ3n) is 5.65. The summed E-state index contributed by atoms with van der Waals surface area (Å²) >= 11 is 0. The normalized spacial score (nSPS) is 14.7. The maximum absolute atomic E-state index is 12.4. The average Bonchev–Trinajstić information content (AvgIpc) is 3.24. The summed E-state index contributed by atoms with van der Waals surface area (Å²) in [5, 5.41) is 4.04. The van der Waals surface area contributed by atoms with Gasteiger partial charge >= 0.3 is 0 Å². The molecule has 2 heterocycles. The number of ether oxygens (including phenoxy) is 3. The number of carbonyl (C=O) groups excluding carboxylic acids is 1. The summed E-state index contributed by atoms with van der Waals surface area (Å²) in [6.07, 6.45) is 5.34. The molecule has 1 aromatic heterocycles. The molecule has 1 aliphatic heterocycles. The molecule has 32 heavy (non-hydrogen) atoms. The minimum Gasteiger partial charge on any atom is -0.497 e. The van der Waals surface area contributed by atoms with Crippen molar-refractivity contribution in [2.24, 2.45) is 0 Å². The van der Waals surface area contributed by atoms with Gasteiger partial charge in [0.15, 0.2) is 0 Å². The number of hydrogen-bond donors (Lipinski definition) is 1. The molecule has 1 N–H and O–H groups in total. The summed E-state index contributed by atoms with van der Waals surface area (Å²) in [4.78, 5) is 14.9. The molecule has 1 fully saturated rings. The number of rotatable bonds is 8. The van der Waals surface area contributed by atoms with E-state index < -0.39 is 0 Å². The number of morpholine rings is 1. The molecule has 1 aliphatic rings. The fourth-order valence-electron chi connectivity index (χ4n) is 3.85. The largest absolute Gasteiger partial charge is 0.497 e. The predicted molar refractivity (Wildman–Crippen MR) is 126 cm³/mol. The molecule has 3 aromatic rings. The number of carbonyl (C=O) groups is 1. The maximum atomic E-state index is 12.4. The van der Waals surface area contributed by atoms with Crippen LogP contribution < -0.4 is 14.8 Å². The van der Waals surface area contributed by atoms with Crippen LogP contribution in [-0.4, -0.2) is 62.4 Å². The third kappa shape index (κ3) is 5.30. The second-order valence-corrected chi connectivity index (χ2v) is 7.67. The van der Waals surface area contributed by atoms with Crippen molar-refractivity contribution in [3.05, 3.63) is 60.3 Å². The molecule has 0 unspecified atom stereocenters. The van der Waals surface area contributed by atoms with E-state index in [-0.39, 0.29) is 5.91 Å². The van der Waals surface area contributed by atoms with Crippen LogP contribution in [0.25, 0.3) is 17.0 Å². The Labute approximate surface area is 188 Å². The number of aromatic nitrogens is 1. The van der Waals surface area contributed by atoms with Crippen LogP contribution in [0.4, 0.5) is 5.69 Å². The summed E-state index contributed by atoms with van der Waals surface area (Å²) in [6.45, 7) is 5.55. The van der Waals surface area contributed by atoms with E-state index in [9.17, 15) is 4.79 Å². The van der Waals surface area contributed by atoms with Crippen molar-refractivity contribution in [2.45, 2.75) is 6.54 Å². The molecular formula is C25H29N3O4. The van der Waals surface area contributed by atoms with Gasteiger partial charge in [0, 0.05) is 66.7 Å². The fraction of sp³-hybridized carbons (Fsp3) is 0.320. The Bertz CT molecular complexity index is 1100. The van der Waals surface area contributed by atoms with Crippen molar-refractivity contribution in [3.8, 4) is 11.5 Å². The average molecular weight is 436 g/mol. The highest BCUT2D eigenvalue weighted by molar-refractivity contribution is 6.03. The van der Waals surface area contributed by atoms with Crippen LogP contribution in [-0.2, 0) is 16.1 Å². The Balaban J connectivity index is 1.38. The molecule has 7 heteroatoms. The number of nitrogens with one attached hydrogen (secondary N) is 1. The standard InChI is InChI=1S/C25H29N3O4/c1-30-22-6-3-19(24(18-22)31-2)4-8-25(29)26-21-5-7-23-20(17-21)9-10-28(23)12-11-27-13-15-32-16-14-27/h3-10,17-18H,11-16H2,1-2H3,(H,26,29)/b8-4+. The zero-order chi connectivity index (χ0) is 22.3. The molecule has 7 nitrogen and oxygen atoms in total. The van der Waals surface area contributed by atoms with Crippen LogP contribution in [0, 0.1) is 0 Å². The predicted octanol–water partition coefficient (Wildman–Crippen LogP) is 3.64. The number of benzene rings is 2. The van der Waals surface area contributed by atoms with Crippen LogP contribution in [0.5, 0.6) is 11.5 Å². The quantitative estimate of drug-likeness (QED) is 0.548. The molecule has 2 aromatic carbocycles. The summed E-state index contributed by atoms with van der Waals surface area (Å²) in [6, 6.07) is 13.6. The van der Waals surface area contributed by atoms with Gasteiger partial charge in [0.2, 0.25) is 5.91 Å². The highest BCUT2D eigenvalue weighted by Gasteiger charge is 2.11. The first kappa shape index (κ1) is 21.9. The van der Waals surface area contributed by atoms with Crippen LogP contribution >= 0.6 is 0 Å². The number of fused-ring (bicyclic) bond motifs is 1. The molecule has 0 saturated carbocycles. The van der Waals surface area contributed by atoms with E-state index in [1.165, 1.54) is 6.08 Å². The monoisotopic (exact) mass is 435 g/mol. The van der Waals surface area contributed by atoms with Gasteiger partial charge in [0.05, 0.1) is 27.4 Å². The molecule has 0 radical (unpaired) electrons. The van der Waals surface area contributed by atoms with E-state index >= 15 is 0 Å². The van der Waals surface area contributed by atoms with Crippen LogP contribution in [0.1, 0.15) is 5.56 Å². The topological polar surface area (TPSA) is 65.0 Å². The Morgan fingerprint density at radius 2 is 1.91 bits per heavy atom. The minimum atomic E-state index is -0.200. The van der Waals surface area contributed by atoms with Gasteiger partial charge in [-0.25, -0.2) is 0 Å². The first-order valence-electron chi connectivity index (χ1n) is 10.8. The molecule has 0 bridgehead atoms. The molecule has 1 amide bonds. The summed E-state index contributed by atoms with van der Waals surface area (Å²) in [5.74, 6) is 1.15. The van der Waals surface area contributed by atoms with Gasteiger partial charge in [-0.2, -0.15) is 0 Å². The second kappa shape index (κ2) is 10.3. The highest BCUT2D eigenvalue weighted by atomic mass is 16.5. The SMILES string of the molecule is COc1ccc(/C=C/C(=O)Nc2ccc3c(ccn3CCN3CCOCC3)c2)c(OC)c1. The number of hydrogen-bond acceptors (Lipinski definition) is 5. The molecule has 4 rings (SSSR count). The van der Waals surface area contributed by atoms with E-state index in [0.29, 0.717) is 11.5 Å². The van der Waals surface area contributed by atoms with Crippen molar-refractivity contribution in [1.82, 2.24) is 9.47 Å². The highest BCUT2D eigenvalue weighted by Crippen LogP contribution is 2.26. The van der Waals surface area contributed by atoms with Crippen molar-refractivity contribution in [2.75, 3.05) is 52.4 Å². The minimum absolute atomic E-state index is 0.200. The number of amides is 1. The molecule has 0 atom stereocenters. The molecule has 1 saturated heterocycles. The summed E-state index contributed by atoms with van der Waals surface area (Å²) in [5.41, 5.74) is 2.73. The van der Waals surface area contributed by atoms with Crippen molar-refractivity contribution in [1.29, 1.82) is 0 Å². The molecule has 168 valence electrons. The smallest absolute Gasteiger partial charge is 0.248 e. The van der Waals surface area contributed by atoms with E-state index in [0.717, 1.165) is 61.5 Å². The van der Waals surface area contributed by atoms with Crippen molar-refractivity contribution >= 4 is 28.6 Å². The fourth-order valence-corrected chi connectivity index (χ4v) is 3.85. The van der Waals surface area contributed by atoms with Crippen LogP contribution in [0.15, 0.2) is 54.7 Å². The van der Waals surface area contributed by atoms with E-state index in [1.807, 2.05) is 24.3 Å². The van der Waals surface area contributed by atoms with Crippen LogP contribution in [0.2, 0.25) is 0 Å². The van der Waals surface area contributed by atoms with Crippen molar-refractivity contribution in [3.63, 3.8) is 0 Å². The van der Waals surface area contributed by atoms with Gasteiger partial charge in [-0.15, -0.1) is 0 Å². The van der Waals surface area contributed by atoms with Gasteiger partial charge in [0.1, 0.15) is 11.5 Å². The molecule has 0 spiro atoms. The van der Waals surface area contributed by atoms with E-state index in [4.69, 9.17) is 14.2 Å². The van der Waals surface area contributed by atoms with Gasteiger partial charge < -0.3 is 24.1 Å². The van der Waals surface area contributed by atoms with Gasteiger partial charge in [-0.3, -0.25) is 9.69 Å². The second-order valence-electron chi connectivity index (χ2n) is 7.67. The van der Waals surface area contributed by atoms with E-state index in [1.54, 1.807) is 26.4 Å². The summed E-state index contributed by atoms with van der Waals surface area (Å²) < 4.78 is 18.3. The summed E-state index contributed by atoms with van der Waals surface area (Å²) in [7, 11) is 3.20. The lowest BCUT2D eigenvalue weighted by Crippen LogP contribution is -2.38. The lowest BCUT2D eigenvalue weighted by Gasteiger charge is -2.26. The number of nitrogens with zero attached hydrogens (tertiary/aromatic N) is 2. The lowest BCUT2D eigenvalue weighted by molar-refractivity contribution is -0.111. The van der Waals surface area contributed by atoms with Crippen molar-refractivity contribution < 1.29 is 19.0 Å². The first-order chi connectivity index (χ1) is 15.7. The zero-order valence-corrected chi connectivity index (χ0v) is 18.5. The maximum Gasteiger partial charge on any atom is 0.248 e. The molecular weight excluding hydrogens is 406 g/mol.